The summed E-state index contributed by atoms with van der Waals surface area (Å²) in [4.78, 5) is 0. The Morgan fingerprint density at radius 1 is 1.56 bits per heavy atom. The fourth-order valence-corrected chi connectivity index (χ4v) is 0.897. The van der Waals surface area contributed by atoms with Crippen LogP contribution in [0, 0.1) is 0 Å². The van der Waals surface area contributed by atoms with Crippen LogP contribution in [-0.2, 0) is 10.8 Å². The van der Waals surface area contributed by atoms with E-state index in [4.69, 9.17) is 0 Å². The van der Waals surface area contributed by atoms with Gasteiger partial charge in [0.1, 0.15) is 0 Å². The van der Waals surface area contributed by atoms with Crippen molar-refractivity contribution in [2.45, 2.75) is 19.9 Å². The van der Waals surface area contributed by atoms with Crippen LogP contribution < -0.4 is 5.32 Å². The van der Waals surface area contributed by atoms with E-state index >= 15 is 0 Å². The summed E-state index contributed by atoms with van der Waals surface area (Å²) in [7, 11) is -0.644. The molecule has 0 rings (SSSR count). The Morgan fingerprint density at radius 3 is 2.44 bits per heavy atom. The number of rotatable bonds is 4. The van der Waals surface area contributed by atoms with E-state index in [-0.39, 0.29) is 0 Å². The van der Waals surface area contributed by atoms with Crippen LogP contribution in [0.25, 0.3) is 0 Å². The molecule has 0 amide bonds. The van der Waals surface area contributed by atoms with Crippen molar-refractivity contribution in [3.63, 3.8) is 0 Å². The Hall–Kier alpha value is 0.110. The molecule has 0 aromatic carbocycles. The fourth-order valence-electron chi connectivity index (χ4n) is 0.491. The van der Waals surface area contributed by atoms with Crippen LogP contribution in [0.15, 0.2) is 0 Å². The molecule has 2 nitrogen and oxygen atoms in total. The van der Waals surface area contributed by atoms with E-state index in [1.165, 1.54) is 0 Å². The summed E-state index contributed by atoms with van der Waals surface area (Å²) in [6.07, 6.45) is 1.72. The molecule has 0 aliphatic carbocycles. The average molecular weight is 149 g/mol. The second-order valence-corrected chi connectivity index (χ2v) is 3.94. The van der Waals surface area contributed by atoms with Gasteiger partial charge in [-0.3, -0.25) is 4.21 Å². The Balaban J connectivity index is 3.01. The number of hydrogen-bond donors (Lipinski definition) is 1. The average Bonchev–Trinajstić information content (AvgIpc) is 1.63. The van der Waals surface area contributed by atoms with Crippen molar-refractivity contribution in [3.05, 3.63) is 0 Å². The third kappa shape index (κ3) is 8.11. The molecule has 0 aliphatic heterocycles. The second kappa shape index (κ2) is 4.94. The Kier molecular flexibility index (Phi) is 5.00. The van der Waals surface area contributed by atoms with Crippen LogP contribution in [0.1, 0.15) is 13.8 Å². The maximum Gasteiger partial charge on any atom is 0.0357 e. The topological polar surface area (TPSA) is 29.1 Å². The number of nitrogens with one attached hydrogen (secondary N) is 1. The molecule has 0 radical (unpaired) electrons. The highest BCUT2D eigenvalue weighted by atomic mass is 32.2. The summed E-state index contributed by atoms with van der Waals surface area (Å²) >= 11 is 0. The van der Waals surface area contributed by atoms with Crippen molar-refractivity contribution in [2.75, 3.05) is 18.6 Å². The van der Waals surface area contributed by atoms with Gasteiger partial charge in [0.15, 0.2) is 0 Å². The molecule has 9 heavy (non-hydrogen) atoms. The lowest BCUT2D eigenvalue weighted by atomic mass is 10.4. The first-order valence-corrected chi connectivity index (χ1v) is 4.89. The SMILES string of the molecule is CC(C)NCC[S@](C)=O. The minimum absolute atomic E-state index is 0.508. The highest BCUT2D eigenvalue weighted by molar-refractivity contribution is 7.84. The first-order chi connectivity index (χ1) is 4.13. The zero-order chi connectivity index (χ0) is 7.28. The van der Waals surface area contributed by atoms with Gasteiger partial charge in [-0.05, 0) is 0 Å². The Morgan fingerprint density at radius 2 is 2.11 bits per heavy atom. The summed E-state index contributed by atoms with van der Waals surface area (Å²) in [5, 5.41) is 3.18. The Labute approximate surface area is 59.5 Å². The summed E-state index contributed by atoms with van der Waals surface area (Å²) < 4.78 is 10.5. The van der Waals surface area contributed by atoms with Gasteiger partial charge in [0.2, 0.25) is 0 Å². The second-order valence-electron chi connectivity index (χ2n) is 2.39. The molecule has 0 spiro atoms. The minimum Gasteiger partial charge on any atom is -0.314 e. The standard InChI is InChI=1S/C6H15NOS/c1-6(2)7-4-5-9(3)8/h6-7H,4-5H2,1-3H3/t9-/m0/s1. The van der Waals surface area contributed by atoms with Gasteiger partial charge in [-0.15, -0.1) is 0 Å². The zero-order valence-electron chi connectivity index (χ0n) is 6.31. The third-order valence-corrected chi connectivity index (χ3v) is 1.72. The van der Waals surface area contributed by atoms with Gasteiger partial charge < -0.3 is 5.32 Å². The van der Waals surface area contributed by atoms with Gasteiger partial charge in [-0.1, -0.05) is 13.8 Å². The largest absolute Gasteiger partial charge is 0.314 e. The molecular formula is C6H15NOS. The van der Waals surface area contributed by atoms with E-state index in [0.717, 1.165) is 12.3 Å². The first-order valence-electron chi connectivity index (χ1n) is 3.16. The molecule has 0 aromatic heterocycles. The predicted octanol–water partition coefficient (Wildman–Crippen LogP) is 0.363. The minimum atomic E-state index is -0.644. The van der Waals surface area contributed by atoms with E-state index in [0.29, 0.717) is 6.04 Å². The normalized spacial score (nSPS) is 14.2. The van der Waals surface area contributed by atoms with Crippen LogP contribution in [0.3, 0.4) is 0 Å². The molecule has 1 N–H and O–H groups in total. The molecular weight excluding hydrogens is 134 g/mol. The molecule has 0 unspecified atom stereocenters. The molecule has 0 bridgehead atoms. The van der Waals surface area contributed by atoms with E-state index in [9.17, 15) is 4.21 Å². The predicted molar refractivity (Wildman–Crippen MR) is 42.1 cm³/mol. The first kappa shape index (κ1) is 9.11. The van der Waals surface area contributed by atoms with Gasteiger partial charge in [0.25, 0.3) is 0 Å². The molecule has 0 fully saturated rings. The van der Waals surface area contributed by atoms with Crippen LogP contribution in [0.5, 0.6) is 0 Å². The van der Waals surface area contributed by atoms with E-state index in [2.05, 4.69) is 19.2 Å². The molecule has 1 atom stereocenters. The molecule has 56 valence electrons. The lowest BCUT2D eigenvalue weighted by molar-refractivity contribution is 0.611. The van der Waals surface area contributed by atoms with Gasteiger partial charge in [-0.25, -0.2) is 0 Å². The van der Waals surface area contributed by atoms with Crippen molar-refractivity contribution in [1.29, 1.82) is 0 Å². The highest BCUT2D eigenvalue weighted by Crippen LogP contribution is 1.76. The molecule has 0 saturated heterocycles. The number of hydrogen-bond acceptors (Lipinski definition) is 2. The van der Waals surface area contributed by atoms with Gasteiger partial charge in [-0.2, -0.15) is 0 Å². The van der Waals surface area contributed by atoms with Crippen molar-refractivity contribution in [1.82, 2.24) is 5.32 Å². The lowest BCUT2D eigenvalue weighted by Crippen LogP contribution is -2.26. The van der Waals surface area contributed by atoms with E-state index in [1.54, 1.807) is 6.26 Å². The van der Waals surface area contributed by atoms with Gasteiger partial charge in [0.05, 0.1) is 0 Å². The van der Waals surface area contributed by atoms with E-state index in [1.807, 2.05) is 0 Å². The third-order valence-electron chi connectivity index (χ3n) is 0.942. The van der Waals surface area contributed by atoms with E-state index < -0.39 is 10.8 Å². The molecule has 3 heteroatoms. The smallest absolute Gasteiger partial charge is 0.0357 e. The Bertz CT molecular complexity index is 93.1. The monoisotopic (exact) mass is 149 g/mol. The summed E-state index contributed by atoms with van der Waals surface area (Å²) in [6.45, 7) is 5.03. The highest BCUT2D eigenvalue weighted by Gasteiger charge is 1.92. The molecule has 0 aromatic rings. The van der Waals surface area contributed by atoms with Crippen molar-refractivity contribution >= 4 is 10.8 Å². The van der Waals surface area contributed by atoms with Crippen LogP contribution in [0.4, 0.5) is 0 Å². The molecule has 0 saturated carbocycles. The quantitative estimate of drug-likeness (QED) is 0.625. The van der Waals surface area contributed by atoms with Crippen molar-refractivity contribution in [2.24, 2.45) is 0 Å². The lowest BCUT2D eigenvalue weighted by Gasteiger charge is -2.04. The van der Waals surface area contributed by atoms with Gasteiger partial charge in [0, 0.05) is 35.4 Å². The molecule has 0 heterocycles. The van der Waals surface area contributed by atoms with Crippen LogP contribution in [-0.4, -0.2) is 28.8 Å². The molecule has 0 aliphatic rings. The summed E-state index contributed by atoms with van der Waals surface area (Å²) in [6, 6.07) is 0.508. The summed E-state index contributed by atoms with van der Waals surface area (Å²) in [5.41, 5.74) is 0. The van der Waals surface area contributed by atoms with Crippen molar-refractivity contribution in [3.8, 4) is 0 Å². The van der Waals surface area contributed by atoms with Crippen LogP contribution in [0.2, 0.25) is 0 Å². The van der Waals surface area contributed by atoms with Gasteiger partial charge >= 0.3 is 0 Å². The van der Waals surface area contributed by atoms with Crippen LogP contribution >= 0.6 is 0 Å². The van der Waals surface area contributed by atoms with Crippen molar-refractivity contribution < 1.29 is 4.21 Å². The zero-order valence-corrected chi connectivity index (χ0v) is 7.12. The summed E-state index contributed by atoms with van der Waals surface area (Å²) in [5.74, 6) is 0.762. The fraction of sp³-hybridized carbons (Fsp3) is 1.00. The maximum absolute atomic E-state index is 10.5. The maximum atomic E-state index is 10.5.